The molecule has 3 atom stereocenters. The van der Waals surface area contributed by atoms with E-state index in [0.29, 0.717) is 17.7 Å². The first kappa shape index (κ1) is 27.3. The molecule has 0 radical (unpaired) electrons. The minimum Gasteiger partial charge on any atom is -0.508 e. The molecule has 35 heavy (non-hydrogen) atoms. The van der Waals surface area contributed by atoms with Crippen molar-refractivity contribution in [2.24, 2.45) is 11.7 Å². The second-order valence-electron chi connectivity index (χ2n) is 8.62. The van der Waals surface area contributed by atoms with Crippen LogP contribution >= 0.6 is 0 Å². The van der Waals surface area contributed by atoms with E-state index in [1.54, 1.807) is 12.1 Å². The number of phenols is 1. The predicted octanol–water partition coefficient (Wildman–Crippen LogP) is -0.556. The zero-order valence-electron chi connectivity index (χ0n) is 19.7. The van der Waals surface area contributed by atoms with E-state index >= 15 is 0 Å². The summed E-state index contributed by atoms with van der Waals surface area (Å²) >= 11 is 0. The molecule has 0 saturated heterocycles. The Hall–Kier alpha value is -3.93. The van der Waals surface area contributed by atoms with Gasteiger partial charge in [-0.05, 0) is 30.0 Å². The number of rotatable bonds is 13. The number of aliphatic carboxylic acids is 1. The van der Waals surface area contributed by atoms with Crippen molar-refractivity contribution in [3.63, 3.8) is 0 Å². The molecule has 0 aliphatic rings. The van der Waals surface area contributed by atoms with Gasteiger partial charge in [0.25, 0.3) is 0 Å². The van der Waals surface area contributed by atoms with Crippen molar-refractivity contribution in [3.05, 3.63) is 48.0 Å². The highest BCUT2D eigenvalue weighted by atomic mass is 16.4. The van der Waals surface area contributed by atoms with Gasteiger partial charge in [0.1, 0.15) is 17.8 Å². The maximum absolute atomic E-state index is 13.0. The number of carboxylic acids is 1. The number of hydrogen-bond acceptors (Lipinski definition) is 7. The summed E-state index contributed by atoms with van der Waals surface area (Å²) in [5.41, 5.74) is 6.94. The summed E-state index contributed by atoms with van der Waals surface area (Å²) in [6.07, 6.45) is 3.33. The number of nitrogens with one attached hydrogen (secondary N) is 4. The van der Waals surface area contributed by atoms with Crippen molar-refractivity contribution >= 4 is 23.7 Å². The van der Waals surface area contributed by atoms with E-state index in [9.17, 15) is 29.4 Å². The monoisotopic (exact) mass is 488 g/mol. The average Bonchev–Trinajstić information content (AvgIpc) is 3.30. The Morgan fingerprint density at radius 1 is 1.03 bits per heavy atom. The number of carbonyl (C=O) groups excluding carboxylic acids is 3. The topological polar surface area (TPSA) is 200 Å². The largest absolute Gasteiger partial charge is 0.508 e. The lowest BCUT2D eigenvalue weighted by atomic mass is 10.0. The number of H-pyrrole nitrogens is 1. The molecule has 2 rings (SSSR count). The lowest BCUT2D eigenvalue weighted by Crippen LogP contribution is -2.55. The summed E-state index contributed by atoms with van der Waals surface area (Å²) in [4.78, 5) is 56.0. The molecule has 12 heteroatoms. The van der Waals surface area contributed by atoms with E-state index in [-0.39, 0.29) is 24.5 Å². The van der Waals surface area contributed by atoms with Gasteiger partial charge in [-0.1, -0.05) is 26.0 Å². The molecule has 0 aliphatic heterocycles. The van der Waals surface area contributed by atoms with Crippen LogP contribution in [-0.2, 0) is 32.0 Å². The van der Waals surface area contributed by atoms with Crippen LogP contribution in [-0.4, -0.2) is 68.5 Å². The van der Waals surface area contributed by atoms with Gasteiger partial charge in [0, 0.05) is 24.7 Å². The highest BCUT2D eigenvalue weighted by Crippen LogP contribution is 2.12. The number of benzene rings is 1. The Labute approximate surface area is 202 Å². The number of phenolic OH excluding ortho intramolecular Hbond substituents is 1. The van der Waals surface area contributed by atoms with Crippen LogP contribution in [0.4, 0.5) is 0 Å². The Bertz CT molecular complexity index is 992. The molecule has 8 N–H and O–H groups in total. The molecule has 1 aromatic heterocycles. The molecule has 0 bridgehead atoms. The van der Waals surface area contributed by atoms with Gasteiger partial charge in [-0.2, -0.15) is 0 Å². The summed E-state index contributed by atoms with van der Waals surface area (Å²) in [5, 5.41) is 26.4. The molecule has 1 aromatic carbocycles. The Balaban J connectivity index is 2.04. The Morgan fingerprint density at radius 2 is 1.71 bits per heavy atom. The zero-order chi connectivity index (χ0) is 26.0. The molecule has 2 aromatic rings. The van der Waals surface area contributed by atoms with Gasteiger partial charge in [0.05, 0.1) is 18.9 Å². The van der Waals surface area contributed by atoms with Crippen LogP contribution in [0.2, 0.25) is 0 Å². The van der Waals surface area contributed by atoms with Crippen molar-refractivity contribution < 1.29 is 29.4 Å². The second-order valence-corrected chi connectivity index (χ2v) is 8.62. The van der Waals surface area contributed by atoms with Gasteiger partial charge in [-0.15, -0.1) is 0 Å². The summed E-state index contributed by atoms with van der Waals surface area (Å²) in [6, 6.07) is 2.76. The number of aromatic hydroxyl groups is 1. The third-order valence-corrected chi connectivity index (χ3v) is 5.11. The van der Waals surface area contributed by atoms with Gasteiger partial charge in [0.15, 0.2) is 0 Å². The van der Waals surface area contributed by atoms with Crippen LogP contribution in [0, 0.1) is 5.92 Å². The number of hydrogen-bond donors (Lipinski definition) is 7. The first-order valence-corrected chi connectivity index (χ1v) is 11.2. The summed E-state index contributed by atoms with van der Waals surface area (Å²) in [7, 11) is 0. The standard InChI is InChI=1S/C23H32N6O6/c1-13(2)7-17(24)21(32)26-11-20(31)28-18(9-15-10-25-12-27-15)22(33)29-19(23(34)35)8-14-3-5-16(30)6-4-14/h3-6,10,12-13,17-19,30H,7-9,11,24H2,1-2H3,(H,25,27)(H,26,32)(H,28,31)(H,29,33)(H,34,35). The van der Waals surface area contributed by atoms with Gasteiger partial charge >= 0.3 is 5.97 Å². The third kappa shape index (κ3) is 9.45. The SMILES string of the molecule is CC(C)CC(N)C(=O)NCC(=O)NC(Cc1cnc[nH]1)C(=O)NC(Cc1ccc(O)cc1)C(=O)O. The average molecular weight is 489 g/mol. The number of nitrogens with zero attached hydrogens (tertiary/aromatic N) is 1. The van der Waals surface area contributed by atoms with Crippen LogP contribution in [0.15, 0.2) is 36.8 Å². The van der Waals surface area contributed by atoms with E-state index in [1.165, 1.54) is 24.7 Å². The first-order chi connectivity index (χ1) is 16.5. The molecule has 12 nitrogen and oxygen atoms in total. The van der Waals surface area contributed by atoms with Crippen LogP contribution in [0.3, 0.4) is 0 Å². The van der Waals surface area contributed by atoms with E-state index in [4.69, 9.17) is 5.73 Å². The second kappa shape index (κ2) is 13.1. The highest BCUT2D eigenvalue weighted by Gasteiger charge is 2.28. The number of amides is 3. The van der Waals surface area contributed by atoms with Gasteiger partial charge < -0.3 is 36.9 Å². The van der Waals surface area contributed by atoms with Crippen molar-refractivity contribution in [1.82, 2.24) is 25.9 Å². The number of carbonyl (C=O) groups is 4. The molecule has 0 fully saturated rings. The van der Waals surface area contributed by atoms with Crippen LogP contribution in [0.25, 0.3) is 0 Å². The predicted molar refractivity (Wildman–Crippen MR) is 126 cm³/mol. The number of aromatic amines is 1. The number of imidazole rings is 1. The summed E-state index contributed by atoms with van der Waals surface area (Å²) < 4.78 is 0. The van der Waals surface area contributed by atoms with E-state index < -0.39 is 48.4 Å². The van der Waals surface area contributed by atoms with Gasteiger partial charge in [0.2, 0.25) is 17.7 Å². The molecule has 0 saturated carbocycles. The Morgan fingerprint density at radius 3 is 2.29 bits per heavy atom. The number of nitrogens with two attached hydrogens (primary N) is 1. The fourth-order valence-electron chi connectivity index (χ4n) is 3.32. The van der Waals surface area contributed by atoms with Gasteiger partial charge in [-0.25, -0.2) is 9.78 Å². The minimum absolute atomic E-state index is 0.0178. The minimum atomic E-state index is -1.28. The van der Waals surface area contributed by atoms with Gasteiger partial charge in [-0.3, -0.25) is 14.4 Å². The Kier molecular flexibility index (Phi) is 10.2. The molecule has 3 amide bonds. The fraction of sp³-hybridized carbons (Fsp3) is 0.435. The first-order valence-electron chi connectivity index (χ1n) is 11.2. The summed E-state index contributed by atoms with van der Waals surface area (Å²) in [6.45, 7) is 3.45. The van der Waals surface area contributed by atoms with E-state index in [1.807, 2.05) is 13.8 Å². The molecular formula is C23H32N6O6. The lowest BCUT2D eigenvalue weighted by Gasteiger charge is -2.22. The van der Waals surface area contributed by atoms with E-state index in [0.717, 1.165) is 0 Å². The molecule has 3 unspecified atom stereocenters. The van der Waals surface area contributed by atoms with E-state index in [2.05, 4.69) is 25.9 Å². The lowest BCUT2D eigenvalue weighted by molar-refractivity contribution is -0.142. The number of carboxylic acid groups (broad SMARTS) is 1. The van der Waals surface area contributed by atoms with Crippen molar-refractivity contribution in [2.45, 2.75) is 51.2 Å². The maximum atomic E-state index is 13.0. The zero-order valence-corrected chi connectivity index (χ0v) is 19.7. The third-order valence-electron chi connectivity index (χ3n) is 5.11. The molecule has 1 heterocycles. The molecule has 0 aliphatic carbocycles. The van der Waals surface area contributed by atoms with Crippen molar-refractivity contribution in [3.8, 4) is 5.75 Å². The molecular weight excluding hydrogens is 456 g/mol. The fourth-order valence-corrected chi connectivity index (χ4v) is 3.32. The quantitative estimate of drug-likeness (QED) is 0.194. The molecule has 190 valence electrons. The van der Waals surface area contributed by atoms with Crippen molar-refractivity contribution in [1.29, 1.82) is 0 Å². The number of aromatic nitrogens is 2. The maximum Gasteiger partial charge on any atom is 0.326 e. The highest BCUT2D eigenvalue weighted by molar-refractivity contribution is 5.92. The van der Waals surface area contributed by atoms with Crippen LogP contribution in [0.5, 0.6) is 5.75 Å². The molecule has 0 spiro atoms. The normalized spacial score (nSPS) is 13.5. The van der Waals surface area contributed by atoms with Crippen molar-refractivity contribution in [2.75, 3.05) is 6.54 Å². The summed E-state index contributed by atoms with van der Waals surface area (Å²) in [5.74, 6) is -2.87. The van der Waals surface area contributed by atoms with Crippen LogP contribution < -0.4 is 21.7 Å². The smallest absolute Gasteiger partial charge is 0.326 e. The van der Waals surface area contributed by atoms with Crippen LogP contribution in [0.1, 0.15) is 31.5 Å².